The van der Waals surface area contributed by atoms with Gasteiger partial charge in [-0.25, -0.2) is 0 Å². The fourth-order valence-electron chi connectivity index (χ4n) is 3.58. The Morgan fingerprint density at radius 3 is 2.43 bits per heavy atom. The molecule has 30 heavy (non-hydrogen) atoms. The third kappa shape index (κ3) is 4.48. The summed E-state index contributed by atoms with van der Waals surface area (Å²) in [5, 5.41) is 6.82. The minimum Gasteiger partial charge on any atom is -0.370 e. The van der Waals surface area contributed by atoms with Crippen molar-refractivity contribution in [3.8, 4) is 0 Å². The van der Waals surface area contributed by atoms with E-state index < -0.39 is 17.6 Å². The molecule has 1 aromatic heterocycles. The molecule has 1 saturated heterocycles. The monoisotopic (exact) mass is 414 g/mol. The summed E-state index contributed by atoms with van der Waals surface area (Å²) in [6.07, 6.45) is 1.01. The van der Waals surface area contributed by atoms with Crippen molar-refractivity contribution in [1.29, 1.82) is 0 Å². The number of carbonyl (C=O) groups is 1. The van der Waals surface area contributed by atoms with Crippen LogP contribution in [0.5, 0.6) is 0 Å². The van der Waals surface area contributed by atoms with Gasteiger partial charge in [-0.3, -0.25) is 9.48 Å². The molecule has 156 valence electrons. The van der Waals surface area contributed by atoms with Crippen LogP contribution in [-0.4, -0.2) is 28.8 Å². The molecule has 0 atom stereocenters. The number of hydrogen-bond acceptors (Lipinski definition) is 3. The fourth-order valence-corrected chi connectivity index (χ4v) is 3.58. The molecular weight excluding hydrogens is 393 g/mol. The number of nitrogens with one attached hydrogen (secondary N) is 1. The Hall–Kier alpha value is -3.29. The van der Waals surface area contributed by atoms with Gasteiger partial charge in [0.25, 0.3) is 5.91 Å². The SMILES string of the molecule is O=C(Nc1cc(C(F)(F)F)ccc1N1CCCC1)c1ccc(Cn2cccn2)cc1. The quantitative estimate of drug-likeness (QED) is 0.652. The molecule has 0 bridgehead atoms. The third-order valence-electron chi connectivity index (χ3n) is 5.14. The molecule has 1 aliphatic heterocycles. The van der Waals surface area contributed by atoms with Gasteiger partial charge in [-0.1, -0.05) is 12.1 Å². The largest absolute Gasteiger partial charge is 0.416 e. The smallest absolute Gasteiger partial charge is 0.370 e. The van der Waals surface area contributed by atoms with Crippen LogP contribution in [0.2, 0.25) is 0 Å². The van der Waals surface area contributed by atoms with Crippen LogP contribution in [0.15, 0.2) is 60.9 Å². The van der Waals surface area contributed by atoms with E-state index in [-0.39, 0.29) is 5.69 Å². The highest BCUT2D eigenvalue weighted by Crippen LogP contribution is 2.36. The van der Waals surface area contributed by atoms with Gasteiger partial charge < -0.3 is 10.2 Å². The number of amides is 1. The maximum absolute atomic E-state index is 13.2. The van der Waals surface area contributed by atoms with Gasteiger partial charge in [0.2, 0.25) is 0 Å². The highest BCUT2D eigenvalue weighted by atomic mass is 19.4. The van der Waals surface area contributed by atoms with Crippen LogP contribution in [0, 0.1) is 0 Å². The fraction of sp³-hybridized carbons (Fsp3) is 0.273. The molecule has 0 aliphatic carbocycles. The van der Waals surface area contributed by atoms with Gasteiger partial charge in [-0.2, -0.15) is 18.3 Å². The highest BCUT2D eigenvalue weighted by molar-refractivity contribution is 6.06. The normalized spacial score (nSPS) is 14.2. The Morgan fingerprint density at radius 2 is 1.80 bits per heavy atom. The van der Waals surface area contributed by atoms with E-state index in [9.17, 15) is 18.0 Å². The Balaban J connectivity index is 1.55. The molecular formula is C22H21F3N4O. The average Bonchev–Trinajstić information content (AvgIpc) is 3.42. The first-order valence-electron chi connectivity index (χ1n) is 9.74. The number of carbonyl (C=O) groups excluding carboxylic acids is 1. The Bertz CT molecular complexity index is 1010. The number of hydrogen-bond donors (Lipinski definition) is 1. The maximum atomic E-state index is 13.2. The van der Waals surface area contributed by atoms with Crippen LogP contribution in [0.25, 0.3) is 0 Å². The summed E-state index contributed by atoms with van der Waals surface area (Å²) < 4.78 is 41.4. The maximum Gasteiger partial charge on any atom is 0.416 e. The van der Waals surface area contributed by atoms with Gasteiger partial charge in [0.15, 0.2) is 0 Å². The number of benzene rings is 2. The first-order valence-corrected chi connectivity index (χ1v) is 9.74. The van der Waals surface area contributed by atoms with Crippen LogP contribution in [0.4, 0.5) is 24.5 Å². The van der Waals surface area contributed by atoms with Crippen molar-refractivity contribution >= 4 is 17.3 Å². The number of halogens is 3. The van der Waals surface area contributed by atoms with E-state index in [0.717, 1.165) is 43.6 Å². The van der Waals surface area contributed by atoms with Crippen molar-refractivity contribution in [2.45, 2.75) is 25.6 Å². The van der Waals surface area contributed by atoms with Crippen molar-refractivity contribution in [3.63, 3.8) is 0 Å². The molecule has 0 saturated carbocycles. The van der Waals surface area contributed by atoms with Crippen molar-refractivity contribution in [1.82, 2.24) is 9.78 Å². The standard InChI is InChI=1S/C22H21F3N4O/c23-22(24,25)18-8-9-20(28-11-1-2-12-28)19(14-18)27-21(30)17-6-4-16(5-7-17)15-29-13-3-10-26-29/h3-10,13-14H,1-2,11-12,15H2,(H,27,30). The molecule has 1 fully saturated rings. The Labute approximate surface area is 172 Å². The molecule has 1 aliphatic rings. The Morgan fingerprint density at radius 1 is 1.07 bits per heavy atom. The van der Waals surface area contributed by atoms with E-state index in [1.165, 1.54) is 6.07 Å². The van der Waals surface area contributed by atoms with Crippen LogP contribution < -0.4 is 10.2 Å². The lowest BCUT2D eigenvalue weighted by molar-refractivity contribution is -0.137. The minimum absolute atomic E-state index is 0.178. The number of aromatic nitrogens is 2. The number of nitrogens with zero attached hydrogens (tertiary/aromatic N) is 3. The minimum atomic E-state index is -4.48. The number of rotatable bonds is 5. The molecule has 8 heteroatoms. The summed E-state index contributed by atoms with van der Waals surface area (Å²) >= 11 is 0. The van der Waals surface area contributed by atoms with Crippen molar-refractivity contribution < 1.29 is 18.0 Å². The van der Waals surface area contributed by atoms with E-state index in [1.54, 1.807) is 23.0 Å². The summed E-state index contributed by atoms with van der Waals surface area (Å²) in [5.41, 5.74) is 1.35. The topological polar surface area (TPSA) is 50.2 Å². The molecule has 0 spiro atoms. The summed E-state index contributed by atoms with van der Waals surface area (Å²) in [4.78, 5) is 14.7. The summed E-state index contributed by atoms with van der Waals surface area (Å²) in [7, 11) is 0. The molecule has 5 nitrogen and oxygen atoms in total. The lowest BCUT2D eigenvalue weighted by Gasteiger charge is -2.23. The number of alkyl halides is 3. The summed E-state index contributed by atoms with van der Waals surface area (Å²) in [6.45, 7) is 2.09. The Kier molecular flexibility index (Phi) is 5.48. The molecule has 0 unspecified atom stereocenters. The van der Waals surface area contributed by atoms with Gasteiger partial charge in [-0.05, 0) is 54.8 Å². The first kappa shape index (κ1) is 20.0. The molecule has 1 N–H and O–H groups in total. The highest BCUT2D eigenvalue weighted by Gasteiger charge is 2.32. The zero-order valence-corrected chi connectivity index (χ0v) is 16.2. The molecule has 2 aromatic carbocycles. The van der Waals surface area contributed by atoms with Crippen molar-refractivity contribution in [2.24, 2.45) is 0 Å². The predicted molar refractivity (Wildman–Crippen MR) is 109 cm³/mol. The lowest BCUT2D eigenvalue weighted by atomic mass is 10.1. The average molecular weight is 414 g/mol. The zero-order chi connectivity index (χ0) is 21.1. The van der Waals surface area contributed by atoms with Crippen LogP contribution in [-0.2, 0) is 12.7 Å². The van der Waals surface area contributed by atoms with E-state index in [0.29, 0.717) is 17.8 Å². The van der Waals surface area contributed by atoms with E-state index in [2.05, 4.69) is 10.4 Å². The van der Waals surface area contributed by atoms with Gasteiger partial charge in [0.05, 0.1) is 23.5 Å². The van der Waals surface area contributed by atoms with Crippen LogP contribution in [0.3, 0.4) is 0 Å². The van der Waals surface area contributed by atoms with Gasteiger partial charge in [0.1, 0.15) is 0 Å². The third-order valence-corrected chi connectivity index (χ3v) is 5.14. The molecule has 0 radical (unpaired) electrons. The number of anilines is 2. The van der Waals surface area contributed by atoms with Crippen molar-refractivity contribution in [2.75, 3.05) is 23.3 Å². The zero-order valence-electron chi connectivity index (χ0n) is 16.2. The second kappa shape index (κ2) is 8.22. The molecule has 2 heterocycles. The molecule has 1 amide bonds. The summed E-state index contributed by atoms with van der Waals surface area (Å²) in [5.74, 6) is -0.444. The molecule has 4 rings (SSSR count). The molecule has 3 aromatic rings. The van der Waals surface area contributed by atoms with Crippen LogP contribution in [0.1, 0.15) is 34.3 Å². The lowest BCUT2D eigenvalue weighted by Crippen LogP contribution is -2.22. The second-order valence-electron chi connectivity index (χ2n) is 7.28. The first-order chi connectivity index (χ1) is 14.4. The summed E-state index contributed by atoms with van der Waals surface area (Å²) in [6, 6.07) is 12.3. The van der Waals surface area contributed by atoms with Gasteiger partial charge in [0, 0.05) is 31.0 Å². The predicted octanol–water partition coefficient (Wildman–Crippen LogP) is 4.80. The van der Waals surface area contributed by atoms with E-state index in [1.807, 2.05) is 29.3 Å². The van der Waals surface area contributed by atoms with E-state index >= 15 is 0 Å². The second-order valence-corrected chi connectivity index (χ2v) is 7.28. The van der Waals surface area contributed by atoms with Crippen LogP contribution >= 0.6 is 0 Å². The van der Waals surface area contributed by atoms with Crippen molar-refractivity contribution in [3.05, 3.63) is 77.6 Å². The van der Waals surface area contributed by atoms with Gasteiger partial charge >= 0.3 is 6.18 Å². The van der Waals surface area contributed by atoms with Gasteiger partial charge in [-0.15, -0.1) is 0 Å². The van der Waals surface area contributed by atoms with E-state index in [4.69, 9.17) is 0 Å².